The maximum absolute atomic E-state index is 10.7. The van der Waals surface area contributed by atoms with Gasteiger partial charge in [0.2, 0.25) is 0 Å². The molecule has 0 unspecified atom stereocenters. The number of piperidine rings is 1. The average Bonchev–Trinajstić information content (AvgIpc) is 1.79. The molecule has 3 nitrogen and oxygen atoms in total. The summed E-state index contributed by atoms with van der Waals surface area (Å²) in [7, 11) is 0. The lowest BCUT2D eigenvalue weighted by Crippen LogP contribution is -2.61. The SMILES string of the molecule is CC1(C)CC(Br)(N=O)CC(C)(C)N1. The highest BCUT2D eigenvalue weighted by molar-refractivity contribution is 9.10. The van der Waals surface area contributed by atoms with E-state index < -0.39 is 4.45 Å². The van der Waals surface area contributed by atoms with Gasteiger partial charge in [-0.2, -0.15) is 0 Å². The highest BCUT2D eigenvalue weighted by Gasteiger charge is 2.46. The van der Waals surface area contributed by atoms with Gasteiger partial charge < -0.3 is 5.32 Å². The minimum absolute atomic E-state index is 0.0425. The van der Waals surface area contributed by atoms with E-state index in [1.165, 1.54) is 0 Å². The van der Waals surface area contributed by atoms with Gasteiger partial charge in [-0.25, -0.2) is 0 Å². The van der Waals surface area contributed by atoms with Crippen molar-refractivity contribution in [2.24, 2.45) is 5.18 Å². The Morgan fingerprint density at radius 2 is 1.54 bits per heavy atom. The van der Waals surface area contributed by atoms with Crippen LogP contribution in [0.15, 0.2) is 5.18 Å². The topological polar surface area (TPSA) is 41.5 Å². The van der Waals surface area contributed by atoms with Crippen molar-refractivity contribution in [2.75, 3.05) is 0 Å². The average molecular weight is 249 g/mol. The molecule has 1 aliphatic heterocycles. The lowest BCUT2D eigenvalue weighted by atomic mass is 9.80. The van der Waals surface area contributed by atoms with Gasteiger partial charge >= 0.3 is 0 Å². The van der Waals surface area contributed by atoms with E-state index in [4.69, 9.17) is 0 Å². The quantitative estimate of drug-likeness (QED) is 0.441. The van der Waals surface area contributed by atoms with Crippen LogP contribution in [0, 0.1) is 4.91 Å². The van der Waals surface area contributed by atoms with Crippen molar-refractivity contribution >= 4 is 15.9 Å². The predicted octanol–water partition coefficient (Wildman–Crippen LogP) is 2.78. The Morgan fingerprint density at radius 1 is 1.15 bits per heavy atom. The summed E-state index contributed by atoms with van der Waals surface area (Å²) in [6, 6.07) is 0. The second kappa shape index (κ2) is 3.02. The third-order valence-electron chi connectivity index (χ3n) is 2.27. The van der Waals surface area contributed by atoms with Crippen molar-refractivity contribution in [3.63, 3.8) is 0 Å². The summed E-state index contributed by atoms with van der Waals surface area (Å²) >= 11 is 3.43. The monoisotopic (exact) mass is 248 g/mol. The minimum atomic E-state index is -0.592. The van der Waals surface area contributed by atoms with Crippen LogP contribution in [0.2, 0.25) is 0 Å². The largest absolute Gasteiger partial charge is 0.307 e. The first-order valence-electron chi connectivity index (χ1n) is 4.51. The molecule has 0 aromatic rings. The van der Waals surface area contributed by atoms with E-state index in [0.29, 0.717) is 0 Å². The highest BCUT2D eigenvalue weighted by atomic mass is 79.9. The first-order valence-corrected chi connectivity index (χ1v) is 5.30. The van der Waals surface area contributed by atoms with Gasteiger partial charge in [0.15, 0.2) is 4.45 Å². The lowest BCUT2D eigenvalue weighted by molar-refractivity contribution is 0.153. The number of rotatable bonds is 1. The molecule has 0 aliphatic carbocycles. The lowest BCUT2D eigenvalue weighted by Gasteiger charge is -2.47. The normalized spacial score (nSPS) is 29.6. The van der Waals surface area contributed by atoms with Gasteiger partial charge in [0.25, 0.3) is 0 Å². The number of hydrogen-bond donors (Lipinski definition) is 1. The number of alkyl halides is 1. The van der Waals surface area contributed by atoms with Crippen LogP contribution in [0.25, 0.3) is 0 Å². The van der Waals surface area contributed by atoms with E-state index in [1.54, 1.807) is 0 Å². The first kappa shape index (κ1) is 11.1. The van der Waals surface area contributed by atoms with Crippen LogP contribution in [-0.4, -0.2) is 15.5 Å². The maximum atomic E-state index is 10.7. The molecular weight excluding hydrogens is 232 g/mol. The molecule has 0 bridgehead atoms. The second-order valence-electron chi connectivity index (χ2n) is 5.26. The summed E-state index contributed by atoms with van der Waals surface area (Å²) in [6.07, 6.45) is 1.46. The third kappa shape index (κ3) is 2.74. The van der Waals surface area contributed by atoms with E-state index >= 15 is 0 Å². The Kier molecular flexibility index (Phi) is 2.58. The standard InChI is InChI=1S/C9H17BrN2O/c1-7(2)5-9(10,12-13)6-8(3,4)11-7/h11H,5-6H2,1-4H3. The zero-order chi connectivity index (χ0) is 10.3. The smallest absolute Gasteiger partial charge is 0.160 e. The molecule has 1 N–H and O–H groups in total. The third-order valence-corrected chi connectivity index (χ3v) is 2.97. The Hall–Kier alpha value is 0.0400. The van der Waals surface area contributed by atoms with Gasteiger partial charge in [-0.1, -0.05) is 21.1 Å². The summed E-state index contributed by atoms with van der Waals surface area (Å²) in [6.45, 7) is 8.37. The van der Waals surface area contributed by atoms with Crippen LogP contribution in [-0.2, 0) is 0 Å². The Labute approximate surface area is 87.8 Å². The van der Waals surface area contributed by atoms with E-state index in [0.717, 1.165) is 12.8 Å². The van der Waals surface area contributed by atoms with E-state index in [-0.39, 0.29) is 11.1 Å². The van der Waals surface area contributed by atoms with Crippen LogP contribution in [0.1, 0.15) is 40.5 Å². The summed E-state index contributed by atoms with van der Waals surface area (Å²) in [5, 5.41) is 6.69. The fourth-order valence-corrected chi connectivity index (χ4v) is 3.89. The minimum Gasteiger partial charge on any atom is -0.307 e. The number of hydrogen-bond acceptors (Lipinski definition) is 3. The van der Waals surface area contributed by atoms with Gasteiger partial charge in [-0.3, -0.25) is 0 Å². The molecule has 1 fully saturated rings. The molecule has 0 atom stereocenters. The fraction of sp³-hybridized carbons (Fsp3) is 1.00. The summed E-state index contributed by atoms with van der Waals surface area (Å²) in [5.74, 6) is 0. The predicted molar refractivity (Wildman–Crippen MR) is 58.0 cm³/mol. The Morgan fingerprint density at radius 3 is 1.85 bits per heavy atom. The molecular formula is C9H17BrN2O. The van der Waals surface area contributed by atoms with E-state index in [1.807, 2.05) is 0 Å². The number of halogens is 1. The molecule has 0 radical (unpaired) electrons. The van der Waals surface area contributed by atoms with Gasteiger partial charge in [-0.15, -0.1) is 4.91 Å². The van der Waals surface area contributed by atoms with Crippen molar-refractivity contribution < 1.29 is 0 Å². The molecule has 0 aromatic carbocycles. The van der Waals surface area contributed by atoms with Gasteiger partial charge in [-0.05, 0) is 27.7 Å². The number of nitrogens with one attached hydrogen (secondary N) is 1. The van der Waals surface area contributed by atoms with Crippen molar-refractivity contribution in [3.8, 4) is 0 Å². The van der Waals surface area contributed by atoms with Crippen LogP contribution in [0.3, 0.4) is 0 Å². The highest BCUT2D eigenvalue weighted by Crippen LogP contribution is 2.42. The molecule has 0 saturated carbocycles. The van der Waals surface area contributed by atoms with Crippen molar-refractivity contribution in [1.82, 2.24) is 5.32 Å². The van der Waals surface area contributed by atoms with Crippen molar-refractivity contribution in [3.05, 3.63) is 4.91 Å². The number of nitrogens with zero attached hydrogens (tertiary/aromatic N) is 1. The van der Waals surface area contributed by atoms with E-state index in [9.17, 15) is 4.91 Å². The zero-order valence-electron chi connectivity index (χ0n) is 8.65. The maximum Gasteiger partial charge on any atom is 0.160 e. The molecule has 0 amide bonds. The molecule has 1 saturated heterocycles. The summed E-state index contributed by atoms with van der Waals surface area (Å²) in [4.78, 5) is 10.7. The summed E-state index contributed by atoms with van der Waals surface area (Å²) < 4.78 is -0.592. The molecule has 76 valence electrons. The molecule has 1 aliphatic rings. The first-order chi connectivity index (χ1) is 5.68. The second-order valence-corrected chi connectivity index (χ2v) is 6.73. The summed E-state index contributed by atoms with van der Waals surface area (Å²) in [5.41, 5.74) is -0.0850. The van der Waals surface area contributed by atoms with Gasteiger partial charge in [0.1, 0.15) is 0 Å². The molecule has 0 spiro atoms. The van der Waals surface area contributed by atoms with Gasteiger partial charge in [0.05, 0.1) is 0 Å². The van der Waals surface area contributed by atoms with Crippen LogP contribution in [0.4, 0.5) is 0 Å². The van der Waals surface area contributed by atoms with Crippen LogP contribution < -0.4 is 5.32 Å². The number of nitroso groups, excluding NO2 is 1. The van der Waals surface area contributed by atoms with Crippen LogP contribution in [0.5, 0.6) is 0 Å². The fourth-order valence-electron chi connectivity index (χ4n) is 2.49. The Balaban J connectivity index is 2.90. The van der Waals surface area contributed by atoms with Crippen molar-refractivity contribution in [1.29, 1.82) is 0 Å². The van der Waals surface area contributed by atoms with Crippen LogP contribution >= 0.6 is 15.9 Å². The molecule has 1 heterocycles. The van der Waals surface area contributed by atoms with Crippen molar-refractivity contribution in [2.45, 2.75) is 56.1 Å². The Bertz CT molecular complexity index is 210. The molecule has 4 heteroatoms. The van der Waals surface area contributed by atoms with E-state index in [2.05, 4.69) is 54.1 Å². The molecule has 1 rings (SSSR count). The zero-order valence-corrected chi connectivity index (χ0v) is 10.2. The molecule has 0 aromatic heterocycles. The van der Waals surface area contributed by atoms with Gasteiger partial charge in [0, 0.05) is 23.9 Å². The molecule has 13 heavy (non-hydrogen) atoms.